The van der Waals surface area contributed by atoms with Crippen LogP contribution in [-0.2, 0) is 33.4 Å². The van der Waals surface area contributed by atoms with E-state index in [0.29, 0.717) is 69.8 Å². The van der Waals surface area contributed by atoms with Crippen molar-refractivity contribution in [2.24, 2.45) is 29.6 Å². The first kappa shape index (κ1) is 74.9. The third kappa shape index (κ3) is 25.9. The van der Waals surface area contributed by atoms with Gasteiger partial charge in [-0.15, -0.1) is 0 Å². The third-order valence-electron chi connectivity index (χ3n) is 13.1. The Hall–Kier alpha value is -0.642. The number of nitrogens with zero attached hydrogens (tertiary/aromatic N) is 1. The summed E-state index contributed by atoms with van der Waals surface area (Å²) in [5.74, 6) is -6.95. The number of ketones is 3. The predicted molar refractivity (Wildman–Crippen MR) is 274 cm³/mol. The fraction of sp³-hybridized carbons (Fsp3) is 0.759. The van der Waals surface area contributed by atoms with Crippen LogP contribution in [0.25, 0.3) is 0 Å². The van der Waals surface area contributed by atoms with Crippen molar-refractivity contribution in [3.63, 3.8) is 0 Å². The molecule has 0 spiro atoms. The second-order valence-electron chi connectivity index (χ2n) is 18.0. The zero-order valence-electron chi connectivity index (χ0n) is 44.3. The van der Waals surface area contributed by atoms with Gasteiger partial charge in [0.05, 0.1) is 18.3 Å². The second kappa shape index (κ2) is 41.7. The van der Waals surface area contributed by atoms with Crippen LogP contribution in [0.5, 0.6) is 0 Å². The van der Waals surface area contributed by atoms with E-state index < -0.39 is 65.7 Å². The van der Waals surface area contributed by atoms with Crippen molar-refractivity contribution in [3.8, 4) is 0 Å². The van der Waals surface area contributed by atoms with Crippen LogP contribution in [0.15, 0.2) is 47.6 Å². The Kier molecular flexibility index (Phi) is 45.2. The number of aliphatic hydroxyl groups is 5. The van der Waals surface area contributed by atoms with Crippen LogP contribution in [0, 0.1) is 60.7 Å². The van der Waals surface area contributed by atoms with E-state index in [9.17, 15) is 39.3 Å². The van der Waals surface area contributed by atoms with Gasteiger partial charge >= 0.3 is 5.97 Å². The number of hydrogen-bond acceptors (Lipinski definition) is 12. The molecule has 7 unspecified atom stereocenters. The maximum atomic E-state index is 14.2. The van der Waals surface area contributed by atoms with E-state index in [2.05, 4.69) is 0 Å². The van der Waals surface area contributed by atoms with E-state index in [1.54, 1.807) is 26.8 Å². The molecule has 13 nitrogen and oxygen atoms in total. The van der Waals surface area contributed by atoms with Gasteiger partial charge in [-0.25, -0.2) is 4.79 Å². The molecule has 3 fully saturated rings. The van der Waals surface area contributed by atoms with Gasteiger partial charge in [0.2, 0.25) is 5.79 Å². The number of ether oxygens (including phenoxy) is 2. The molecule has 0 aromatic heterocycles. The van der Waals surface area contributed by atoms with Gasteiger partial charge in [0.25, 0.3) is 11.7 Å². The summed E-state index contributed by atoms with van der Waals surface area (Å²) in [6, 6.07) is -1.08. The average Bonchev–Trinajstić information content (AvgIpc) is 3.32. The van der Waals surface area contributed by atoms with Crippen LogP contribution in [0.1, 0.15) is 179 Å². The number of Topliss-reactive ketones (excluding diaryl/α,β-unsaturated/α-hetero) is 3. The first-order chi connectivity index (χ1) is 31.5. The Balaban J connectivity index is -0.00000182. The molecule has 2 saturated heterocycles. The number of rotatable bonds is 3. The van der Waals surface area contributed by atoms with Crippen LogP contribution in [0.2, 0.25) is 0 Å². The number of fused-ring (bicyclic) bond motifs is 3. The van der Waals surface area contributed by atoms with E-state index in [0.717, 1.165) is 39.1 Å². The molecule has 0 aromatic rings. The monoisotopic (exact) mass is 1230 g/mol. The largest absolute Gasteiger partial charge is 0.460 e. The second-order valence-corrected chi connectivity index (χ2v) is 18.0. The number of amides is 1. The zero-order chi connectivity index (χ0) is 50.6. The van der Waals surface area contributed by atoms with Gasteiger partial charge in [-0.2, -0.15) is 0 Å². The zero-order valence-corrected chi connectivity index (χ0v) is 51.6. The Bertz CT molecular complexity index is 1590. The van der Waals surface area contributed by atoms with Crippen LogP contribution in [-0.4, -0.2) is 168 Å². The fourth-order valence-electron chi connectivity index (χ4n) is 8.96. The van der Waals surface area contributed by atoms with Gasteiger partial charge in [0.1, 0.15) is 23.7 Å². The van der Waals surface area contributed by atoms with Crippen molar-refractivity contribution in [2.75, 3.05) is 20.8 Å². The van der Waals surface area contributed by atoms with Crippen molar-refractivity contribution >= 4 is 80.6 Å². The SMILES string of the molecule is C.CC.CC.CO.CO.C\C1=C/C=C/C=C/CCC(C)C(=O)CC(O)/C(C)=C/[C@@H](C)C(=O)CC([C@H](C)CC2CCCC(O)C2)OC(=O)C2CCCCN2C(=O)C(=O)[C@@]2(O)O[C@H](CC1)CCC2C.[K].[U]. The van der Waals surface area contributed by atoms with Gasteiger partial charge in [-0.3, -0.25) is 19.2 Å². The molecule has 1 radical (unpaired) electrons. The summed E-state index contributed by atoms with van der Waals surface area (Å²) in [5, 5.41) is 47.1. The van der Waals surface area contributed by atoms with Crippen LogP contribution in [0.4, 0.5) is 0 Å². The molecule has 2 bridgehead atoms. The van der Waals surface area contributed by atoms with Gasteiger partial charge in [-0.1, -0.05) is 118 Å². The molecule has 3 aliphatic heterocycles. The maximum Gasteiger partial charge on any atom is 0.329 e. The summed E-state index contributed by atoms with van der Waals surface area (Å²) < 4.78 is 12.3. The molecular weight excluding hydrogens is 1130 g/mol. The summed E-state index contributed by atoms with van der Waals surface area (Å²) in [5.41, 5.74) is 1.60. The van der Waals surface area contributed by atoms with Gasteiger partial charge in [0, 0.05) is 134 Å². The molecule has 1 aliphatic carbocycles. The van der Waals surface area contributed by atoms with Crippen LogP contribution >= 0.6 is 0 Å². The number of carbonyl (C=O) groups is 5. The molecule has 1 amide bonds. The van der Waals surface area contributed by atoms with E-state index in [1.165, 1.54) is 4.90 Å². The molecule has 3 heterocycles. The number of hydrogen-bond donors (Lipinski definition) is 5. The van der Waals surface area contributed by atoms with E-state index in [1.807, 2.05) is 78.8 Å². The van der Waals surface area contributed by atoms with E-state index in [4.69, 9.17) is 19.7 Å². The summed E-state index contributed by atoms with van der Waals surface area (Å²) in [7, 11) is 2.00. The molecule has 393 valence electrons. The Morgan fingerprint density at radius 1 is 0.797 bits per heavy atom. The quantitative estimate of drug-likeness (QED) is 0.0780. The number of esters is 1. The maximum absolute atomic E-state index is 14.2. The van der Waals surface area contributed by atoms with Gasteiger partial charge in [-0.05, 0) is 108 Å². The first-order valence-electron chi connectivity index (χ1n) is 24.9. The predicted octanol–water partition coefficient (Wildman–Crippen LogP) is 8.58. The molecule has 1 saturated carbocycles. The van der Waals surface area contributed by atoms with Crippen LogP contribution < -0.4 is 0 Å². The molecule has 11 atom stereocenters. The first-order valence-corrected chi connectivity index (χ1v) is 24.9. The smallest absolute Gasteiger partial charge is 0.329 e. The number of aliphatic hydroxyl groups excluding tert-OH is 4. The fourth-order valence-corrected chi connectivity index (χ4v) is 8.96. The minimum Gasteiger partial charge on any atom is -0.460 e. The Morgan fingerprint density at radius 2 is 1.43 bits per heavy atom. The van der Waals surface area contributed by atoms with Crippen molar-refractivity contribution in [1.82, 2.24) is 4.90 Å². The normalized spacial score (nSPS) is 32.9. The minimum atomic E-state index is -2.33. The molecule has 4 rings (SSSR count). The Labute approximate surface area is 484 Å². The van der Waals surface area contributed by atoms with Crippen molar-refractivity contribution in [1.29, 1.82) is 0 Å². The summed E-state index contributed by atoms with van der Waals surface area (Å²) in [6.45, 7) is 19.1. The van der Waals surface area contributed by atoms with Crippen molar-refractivity contribution < 1.29 is 90.1 Å². The van der Waals surface area contributed by atoms with Gasteiger partial charge in [0.15, 0.2) is 0 Å². The molecule has 4 aliphatic rings. The Morgan fingerprint density at radius 3 is 2.06 bits per heavy atom. The molecule has 0 aromatic carbocycles. The topological polar surface area (TPSA) is 208 Å². The van der Waals surface area contributed by atoms with Gasteiger partial charge < -0.3 is 39.9 Å². The van der Waals surface area contributed by atoms with Crippen LogP contribution in [0.3, 0.4) is 0 Å². The number of allylic oxidation sites excluding steroid dienone is 7. The van der Waals surface area contributed by atoms with E-state index in [-0.39, 0.29) is 145 Å². The number of carbonyl (C=O) groups excluding carboxylic acids is 5. The third-order valence-corrected chi connectivity index (χ3v) is 13.1. The van der Waals surface area contributed by atoms with Crippen molar-refractivity contribution in [3.05, 3.63) is 47.6 Å². The summed E-state index contributed by atoms with van der Waals surface area (Å²) >= 11 is 0. The summed E-state index contributed by atoms with van der Waals surface area (Å²) in [4.78, 5) is 70.3. The van der Waals surface area contributed by atoms with E-state index >= 15 is 0 Å². The number of piperidine rings is 1. The standard InChI is InChI=1S/C47H71NO10.2C2H6.2CH4O.CH4.K.U/c1-30-15-10-8-7-9-11-16-31(2)40(50)28-41(51)32(3)25-33(4)42(52)29-43(34(5)26-36-17-14-18-37(49)27-36)57-46(55)39-19-12-13-24-48(39)45(54)44(53)47(56)35(6)21-23-38(58-47)22-20-30;4*1-2;;;/h7-10,15,25,31,33-39,41,43,49,51,56H,11-14,16-24,26-29H2,1-6H3;2*1-2H3;2*2H,1H3;1H4;;/b9-7+,10-8+,30-15+,32-25+;;;;;;;/t31?,33-,34-,35?,36?,37?,38-,39?,41?,43?,47+;;;;;;;/m1......./s1. The molecule has 69 heavy (non-hydrogen) atoms. The molecule has 5 N–H and O–H groups in total. The molecular formula is C54H95KNO12U. The van der Waals surface area contributed by atoms with Crippen molar-refractivity contribution in [2.45, 2.75) is 216 Å². The average molecular weight is 1230 g/mol. The number of cyclic esters (lactones) is 1. The summed E-state index contributed by atoms with van der Waals surface area (Å²) in [6.07, 6.45) is 17.5. The molecule has 15 heteroatoms. The minimum absolute atomic E-state index is 0.